The van der Waals surface area contributed by atoms with Crippen molar-refractivity contribution >= 4 is 27.3 Å². The van der Waals surface area contributed by atoms with Gasteiger partial charge in [0.25, 0.3) is 11.4 Å². The highest BCUT2D eigenvalue weighted by molar-refractivity contribution is 9.09. The number of hydrogen-bond donors (Lipinski definition) is 0. The highest BCUT2D eigenvalue weighted by Crippen LogP contribution is 2.25. The summed E-state index contributed by atoms with van der Waals surface area (Å²) in [6, 6.07) is 3.55. The molecule has 2 aromatic rings. The van der Waals surface area contributed by atoms with E-state index in [1.807, 2.05) is 0 Å². The number of aromatic nitrogens is 3. The fraction of sp³-hybridized carbons (Fsp3) is 0.273. The van der Waals surface area contributed by atoms with Crippen molar-refractivity contribution in [2.24, 2.45) is 0 Å². The molecule has 0 atom stereocenters. The Balaban J connectivity index is 2.29. The third-order valence-corrected chi connectivity index (χ3v) is 3.14. The smallest absolute Gasteiger partial charge is 0.258 e. The molecule has 0 bridgehead atoms. The molecule has 0 aliphatic carbocycles. The Labute approximate surface area is 127 Å². The van der Waals surface area contributed by atoms with E-state index in [1.54, 1.807) is 6.20 Å². The van der Waals surface area contributed by atoms with E-state index in [0.29, 0.717) is 12.0 Å². The van der Waals surface area contributed by atoms with Crippen molar-refractivity contribution in [3.63, 3.8) is 0 Å². The first-order valence-electron chi connectivity index (χ1n) is 5.88. The number of halogens is 1. The first-order chi connectivity index (χ1) is 10.0. The van der Waals surface area contributed by atoms with Crippen molar-refractivity contribution in [2.45, 2.75) is 13.0 Å². The molecule has 0 saturated carbocycles. The second-order valence-corrected chi connectivity index (χ2v) is 4.97. The number of aryl methyl sites for hydroxylation is 1. The third-order valence-electron chi connectivity index (χ3n) is 2.75. The number of benzene rings is 1. The number of nitro groups is 2. The van der Waals surface area contributed by atoms with Gasteiger partial charge in [-0.25, -0.2) is 4.68 Å². The molecular weight excluding hydrogens is 346 g/mol. The molecule has 1 aromatic carbocycles. The minimum absolute atomic E-state index is 0.129. The summed E-state index contributed by atoms with van der Waals surface area (Å²) in [5, 5.41) is 30.2. The predicted octanol–water partition coefficient (Wildman–Crippen LogP) is 2.08. The van der Waals surface area contributed by atoms with Gasteiger partial charge in [0.05, 0.1) is 33.7 Å². The predicted molar refractivity (Wildman–Crippen MR) is 76.4 cm³/mol. The lowest BCUT2D eigenvalue weighted by Gasteiger charge is -2.02. The van der Waals surface area contributed by atoms with Crippen LogP contribution < -0.4 is 0 Å². The van der Waals surface area contributed by atoms with Crippen LogP contribution in [0.5, 0.6) is 0 Å². The molecule has 1 aromatic heterocycles. The van der Waals surface area contributed by atoms with Gasteiger partial charge in [0.1, 0.15) is 0 Å². The third kappa shape index (κ3) is 3.60. The summed E-state index contributed by atoms with van der Waals surface area (Å²) in [7, 11) is 0. The minimum Gasteiger partial charge on any atom is -0.258 e. The van der Waals surface area contributed by atoms with Crippen LogP contribution in [-0.4, -0.2) is 30.2 Å². The average molecular weight is 356 g/mol. The van der Waals surface area contributed by atoms with Crippen molar-refractivity contribution < 1.29 is 9.85 Å². The van der Waals surface area contributed by atoms with Crippen molar-refractivity contribution in [1.29, 1.82) is 0 Å². The van der Waals surface area contributed by atoms with Crippen LogP contribution in [-0.2, 0) is 13.0 Å². The standard InChI is InChI=1S/C11H10BrN5O4/c12-4-3-9-7-15(14-13-9)6-8-1-2-10(16(18)19)5-11(8)17(20)21/h1-2,5,7H,3-4,6H2. The van der Waals surface area contributed by atoms with Gasteiger partial charge in [-0.05, 0) is 6.07 Å². The van der Waals surface area contributed by atoms with E-state index in [4.69, 9.17) is 0 Å². The Morgan fingerprint density at radius 3 is 2.62 bits per heavy atom. The molecule has 110 valence electrons. The number of alkyl halides is 1. The van der Waals surface area contributed by atoms with Crippen molar-refractivity contribution in [1.82, 2.24) is 15.0 Å². The molecule has 9 nitrogen and oxygen atoms in total. The maximum Gasteiger partial charge on any atom is 0.281 e. The molecule has 1 heterocycles. The number of hydrogen-bond acceptors (Lipinski definition) is 6. The van der Waals surface area contributed by atoms with Crippen LogP contribution in [0.4, 0.5) is 11.4 Å². The zero-order valence-electron chi connectivity index (χ0n) is 10.7. The summed E-state index contributed by atoms with van der Waals surface area (Å²) in [6.45, 7) is 0.129. The molecule has 10 heteroatoms. The topological polar surface area (TPSA) is 117 Å². The largest absolute Gasteiger partial charge is 0.281 e. The van der Waals surface area contributed by atoms with Gasteiger partial charge in [-0.15, -0.1) is 5.10 Å². The first-order valence-corrected chi connectivity index (χ1v) is 7.00. The lowest BCUT2D eigenvalue weighted by atomic mass is 10.1. The molecule has 2 rings (SSSR count). The SMILES string of the molecule is O=[N+]([O-])c1ccc(Cn2cc(CCBr)nn2)c([N+](=O)[O-])c1. The van der Waals surface area contributed by atoms with E-state index in [9.17, 15) is 20.2 Å². The number of nitro benzene ring substituents is 2. The lowest BCUT2D eigenvalue weighted by Crippen LogP contribution is -2.04. The van der Waals surface area contributed by atoms with Crippen LogP contribution in [0.15, 0.2) is 24.4 Å². The molecule has 0 fully saturated rings. The number of rotatable bonds is 6. The Hall–Kier alpha value is -2.36. The maximum atomic E-state index is 11.0. The second-order valence-electron chi connectivity index (χ2n) is 4.17. The van der Waals surface area contributed by atoms with Crippen LogP contribution in [0.2, 0.25) is 0 Å². The number of nitrogens with zero attached hydrogens (tertiary/aromatic N) is 5. The molecular formula is C11H10BrN5O4. The van der Waals surface area contributed by atoms with Gasteiger partial charge in [0.15, 0.2) is 0 Å². The van der Waals surface area contributed by atoms with Crippen molar-refractivity contribution in [3.8, 4) is 0 Å². The molecule has 0 unspecified atom stereocenters. The van der Waals surface area contributed by atoms with Crippen LogP contribution in [0.1, 0.15) is 11.3 Å². The van der Waals surface area contributed by atoms with E-state index >= 15 is 0 Å². The van der Waals surface area contributed by atoms with Crippen LogP contribution in [0, 0.1) is 20.2 Å². The summed E-state index contributed by atoms with van der Waals surface area (Å²) in [4.78, 5) is 20.4. The molecule has 0 aliphatic rings. The Bertz CT molecular complexity index is 687. The highest BCUT2D eigenvalue weighted by atomic mass is 79.9. The summed E-state index contributed by atoms with van der Waals surface area (Å²) in [5.41, 5.74) is 0.475. The van der Waals surface area contributed by atoms with Gasteiger partial charge in [0, 0.05) is 24.0 Å². The van der Waals surface area contributed by atoms with E-state index in [2.05, 4.69) is 26.2 Å². The van der Waals surface area contributed by atoms with Crippen molar-refractivity contribution in [3.05, 3.63) is 55.9 Å². The van der Waals surface area contributed by atoms with Crippen LogP contribution >= 0.6 is 15.9 Å². The van der Waals surface area contributed by atoms with Crippen molar-refractivity contribution in [2.75, 3.05) is 5.33 Å². The quantitative estimate of drug-likeness (QED) is 0.444. The van der Waals surface area contributed by atoms with Gasteiger partial charge in [-0.3, -0.25) is 20.2 Å². The van der Waals surface area contributed by atoms with Crippen LogP contribution in [0.25, 0.3) is 0 Å². The molecule has 0 aliphatic heterocycles. The molecule has 0 spiro atoms. The second kappa shape index (κ2) is 6.39. The van der Waals surface area contributed by atoms with Crippen LogP contribution in [0.3, 0.4) is 0 Å². The average Bonchev–Trinajstić information content (AvgIpc) is 2.86. The minimum atomic E-state index is -0.666. The van der Waals surface area contributed by atoms with E-state index < -0.39 is 9.85 Å². The molecule has 0 radical (unpaired) electrons. The number of non-ortho nitro benzene ring substituents is 1. The van der Waals surface area contributed by atoms with Gasteiger partial charge in [-0.2, -0.15) is 0 Å². The molecule has 0 saturated heterocycles. The Morgan fingerprint density at radius 1 is 1.24 bits per heavy atom. The highest BCUT2D eigenvalue weighted by Gasteiger charge is 2.19. The fourth-order valence-electron chi connectivity index (χ4n) is 1.77. The maximum absolute atomic E-state index is 11.0. The molecule has 21 heavy (non-hydrogen) atoms. The van der Waals surface area contributed by atoms with Gasteiger partial charge in [-0.1, -0.05) is 21.1 Å². The molecule has 0 N–H and O–H groups in total. The zero-order valence-corrected chi connectivity index (χ0v) is 12.3. The zero-order chi connectivity index (χ0) is 15.4. The summed E-state index contributed by atoms with van der Waals surface area (Å²) in [5.74, 6) is 0. The Kier molecular flexibility index (Phi) is 4.58. The Morgan fingerprint density at radius 2 is 2.00 bits per heavy atom. The first kappa shape index (κ1) is 15.0. The summed E-state index contributed by atoms with van der Waals surface area (Å²) < 4.78 is 1.46. The van der Waals surface area contributed by atoms with Gasteiger partial charge >= 0.3 is 0 Å². The van der Waals surface area contributed by atoms with Gasteiger partial charge in [0.2, 0.25) is 0 Å². The normalized spacial score (nSPS) is 10.5. The van der Waals surface area contributed by atoms with Gasteiger partial charge < -0.3 is 0 Å². The van der Waals surface area contributed by atoms with E-state index in [1.165, 1.54) is 16.8 Å². The lowest BCUT2D eigenvalue weighted by molar-refractivity contribution is -0.394. The molecule has 0 amide bonds. The summed E-state index contributed by atoms with van der Waals surface area (Å²) in [6.07, 6.45) is 2.38. The van der Waals surface area contributed by atoms with E-state index in [0.717, 1.165) is 17.1 Å². The fourth-order valence-corrected chi connectivity index (χ4v) is 2.18. The van der Waals surface area contributed by atoms with E-state index in [-0.39, 0.29) is 17.9 Å². The monoisotopic (exact) mass is 355 g/mol. The summed E-state index contributed by atoms with van der Waals surface area (Å²) >= 11 is 3.28.